The first kappa shape index (κ1) is 23.8. The van der Waals surface area contributed by atoms with Gasteiger partial charge in [0.1, 0.15) is 0 Å². The maximum atomic E-state index is 13.1. The summed E-state index contributed by atoms with van der Waals surface area (Å²) in [7, 11) is -1.73. The monoisotopic (exact) mass is 452 g/mol. The Kier molecular flexibility index (Phi) is 8.05. The van der Waals surface area contributed by atoms with Crippen molar-refractivity contribution in [2.75, 3.05) is 20.1 Å². The quantitative estimate of drug-likeness (QED) is 0.588. The van der Waals surface area contributed by atoms with E-state index in [9.17, 15) is 8.42 Å². The number of piperidine rings is 1. The highest BCUT2D eigenvalue weighted by atomic mass is 35.5. The number of nitrogens with zero attached hydrogens (tertiary/aromatic N) is 2. The lowest BCUT2D eigenvalue weighted by atomic mass is 9.76. The Balaban J connectivity index is 0.00000256. The van der Waals surface area contributed by atoms with Crippen LogP contribution in [0.5, 0.6) is 0 Å². The third-order valence-corrected chi connectivity index (χ3v) is 9.33. The van der Waals surface area contributed by atoms with Crippen molar-refractivity contribution in [3.05, 3.63) is 42.0 Å². The van der Waals surface area contributed by atoms with Crippen molar-refractivity contribution >= 4 is 22.4 Å². The summed E-state index contributed by atoms with van der Waals surface area (Å²) in [5.41, 5.74) is 0.974. The number of hydrogen-bond donors (Lipinski definition) is 0. The topological polar surface area (TPSA) is 40.6 Å². The van der Waals surface area contributed by atoms with E-state index in [0.717, 1.165) is 30.4 Å². The van der Waals surface area contributed by atoms with Gasteiger partial charge in [-0.25, -0.2) is 8.42 Å². The highest BCUT2D eigenvalue weighted by Gasteiger charge is 2.36. The van der Waals surface area contributed by atoms with E-state index in [0.29, 0.717) is 10.9 Å². The normalized spacial score (nSPS) is 28.6. The summed E-state index contributed by atoms with van der Waals surface area (Å²) in [5.74, 6) is 1.75. The zero-order chi connectivity index (χ0) is 20.4. The van der Waals surface area contributed by atoms with E-state index in [1.807, 2.05) is 19.1 Å². The third-order valence-electron chi connectivity index (χ3n) is 7.45. The fourth-order valence-electron chi connectivity index (χ4n) is 5.65. The summed E-state index contributed by atoms with van der Waals surface area (Å²) >= 11 is 0. The first-order valence-corrected chi connectivity index (χ1v) is 12.9. The van der Waals surface area contributed by atoms with Gasteiger partial charge in [-0.05, 0) is 62.3 Å². The number of sulfonamides is 1. The van der Waals surface area contributed by atoms with E-state index in [-0.39, 0.29) is 18.4 Å². The fraction of sp³-hybridized carbons (Fsp3) is 0.667. The van der Waals surface area contributed by atoms with E-state index in [4.69, 9.17) is 0 Å². The van der Waals surface area contributed by atoms with Crippen LogP contribution in [0.4, 0.5) is 0 Å². The van der Waals surface area contributed by atoms with Crippen molar-refractivity contribution in [1.82, 2.24) is 9.21 Å². The minimum atomic E-state index is -3.46. The lowest BCUT2D eigenvalue weighted by Gasteiger charge is -2.41. The van der Waals surface area contributed by atoms with Gasteiger partial charge in [-0.2, -0.15) is 4.31 Å². The molecule has 1 aliphatic heterocycles. The van der Waals surface area contributed by atoms with Gasteiger partial charge in [0.25, 0.3) is 0 Å². The molecule has 1 unspecified atom stereocenters. The van der Waals surface area contributed by atoms with Gasteiger partial charge in [0.15, 0.2) is 0 Å². The first-order chi connectivity index (χ1) is 13.9. The molecule has 30 heavy (non-hydrogen) atoms. The Morgan fingerprint density at radius 1 is 1.00 bits per heavy atom. The van der Waals surface area contributed by atoms with Crippen LogP contribution in [0.25, 0.3) is 0 Å². The predicted octanol–water partition coefficient (Wildman–Crippen LogP) is 5.03. The lowest BCUT2D eigenvalue weighted by Crippen LogP contribution is -2.45. The number of rotatable bonds is 5. The zero-order valence-corrected chi connectivity index (χ0v) is 20.0. The Bertz CT molecular complexity index is 835. The predicted molar refractivity (Wildman–Crippen MR) is 126 cm³/mol. The zero-order valence-electron chi connectivity index (χ0n) is 18.4. The van der Waals surface area contributed by atoms with Crippen LogP contribution in [0.3, 0.4) is 0 Å². The summed E-state index contributed by atoms with van der Waals surface area (Å²) in [4.78, 5) is 3.03. The van der Waals surface area contributed by atoms with Gasteiger partial charge in [0.2, 0.25) is 10.0 Å². The third kappa shape index (κ3) is 5.12. The molecule has 6 heteroatoms. The van der Waals surface area contributed by atoms with E-state index >= 15 is 0 Å². The minimum absolute atomic E-state index is 0. The molecule has 4 nitrogen and oxygen atoms in total. The van der Waals surface area contributed by atoms with Crippen LogP contribution in [0, 0.1) is 18.8 Å². The van der Waals surface area contributed by atoms with E-state index in [1.54, 1.807) is 23.5 Å². The molecule has 0 spiro atoms. The SMILES string of the molecule is Cc1cccc(S(=O)(=O)N(C)[C@@H]2C=CC(N3CCC[C@H](C4CCCCC4)C3)C2)c1.Cl. The molecule has 0 radical (unpaired) electrons. The van der Waals surface area contributed by atoms with Crippen molar-refractivity contribution in [2.24, 2.45) is 11.8 Å². The molecule has 0 amide bonds. The number of halogens is 1. The van der Waals surface area contributed by atoms with Crippen LogP contribution >= 0.6 is 12.4 Å². The Hall–Kier alpha value is -0.880. The molecule has 3 atom stereocenters. The molecular formula is C24H37ClN2O2S. The molecule has 0 N–H and O–H groups in total. The maximum Gasteiger partial charge on any atom is 0.243 e. The van der Waals surface area contributed by atoms with Gasteiger partial charge in [-0.1, -0.05) is 56.4 Å². The molecule has 1 aromatic carbocycles. The van der Waals surface area contributed by atoms with Crippen LogP contribution in [0.2, 0.25) is 0 Å². The fourth-order valence-corrected chi connectivity index (χ4v) is 7.08. The van der Waals surface area contributed by atoms with Gasteiger partial charge in [0, 0.05) is 25.7 Å². The molecule has 3 aliphatic rings. The first-order valence-electron chi connectivity index (χ1n) is 11.4. The number of benzene rings is 1. The van der Waals surface area contributed by atoms with Gasteiger partial charge < -0.3 is 0 Å². The Morgan fingerprint density at radius 3 is 2.47 bits per heavy atom. The van der Waals surface area contributed by atoms with Crippen molar-refractivity contribution < 1.29 is 8.42 Å². The van der Waals surface area contributed by atoms with E-state index in [2.05, 4.69) is 17.1 Å². The van der Waals surface area contributed by atoms with E-state index in [1.165, 1.54) is 51.5 Å². The highest BCUT2D eigenvalue weighted by Crippen LogP contribution is 2.36. The lowest BCUT2D eigenvalue weighted by molar-refractivity contribution is 0.0923. The average Bonchev–Trinajstić information content (AvgIpc) is 3.24. The minimum Gasteiger partial charge on any atom is -0.297 e. The van der Waals surface area contributed by atoms with Crippen molar-refractivity contribution in [3.8, 4) is 0 Å². The summed E-state index contributed by atoms with van der Waals surface area (Å²) < 4.78 is 27.8. The number of likely N-dealkylation sites (N-methyl/N-ethyl adjacent to an activating group) is 1. The maximum absolute atomic E-state index is 13.1. The van der Waals surface area contributed by atoms with Crippen LogP contribution in [-0.2, 0) is 10.0 Å². The number of likely N-dealkylation sites (tertiary alicyclic amines) is 1. The molecule has 2 fully saturated rings. The van der Waals surface area contributed by atoms with Gasteiger partial charge in [-0.3, -0.25) is 4.90 Å². The smallest absolute Gasteiger partial charge is 0.243 e. The molecule has 2 aliphatic carbocycles. The molecule has 0 bridgehead atoms. The molecule has 1 heterocycles. The molecule has 4 rings (SSSR count). The molecule has 1 aromatic rings. The van der Waals surface area contributed by atoms with Crippen molar-refractivity contribution in [2.45, 2.75) is 75.3 Å². The van der Waals surface area contributed by atoms with Gasteiger partial charge >= 0.3 is 0 Å². The average molecular weight is 453 g/mol. The van der Waals surface area contributed by atoms with Crippen molar-refractivity contribution in [1.29, 1.82) is 0 Å². The van der Waals surface area contributed by atoms with E-state index < -0.39 is 10.0 Å². The Labute approximate surface area is 189 Å². The second-order valence-corrected chi connectivity index (χ2v) is 11.4. The highest BCUT2D eigenvalue weighted by molar-refractivity contribution is 7.89. The van der Waals surface area contributed by atoms with Crippen molar-refractivity contribution in [3.63, 3.8) is 0 Å². The summed E-state index contributed by atoms with van der Waals surface area (Å²) in [6.45, 7) is 4.28. The van der Waals surface area contributed by atoms with Crippen LogP contribution in [-0.4, -0.2) is 49.8 Å². The largest absolute Gasteiger partial charge is 0.297 e. The van der Waals surface area contributed by atoms with Crippen LogP contribution in [0.15, 0.2) is 41.3 Å². The second-order valence-electron chi connectivity index (χ2n) is 9.39. The molecule has 1 saturated carbocycles. The summed E-state index contributed by atoms with van der Waals surface area (Å²) in [5, 5.41) is 0. The Morgan fingerprint density at radius 2 is 1.73 bits per heavy atom. The summed E-state index contributed by atoms with van der Waals surface area (Å²) in [6.07, 6.45) is 15.0. The molecular weight excluding hydrogens is 416 g/mol. The number of aryl methyl sites for hydroxylation is 1. The standard InChI is InChI=1S/C24H36N2O2S.ClH/c1-19-8-6-12-24(16-19)29(27,28)25(2)22-13-14-23(17-22)26-15-7-11-21(18-26)20-9-4-3-5-10-20;/h6,8,12-14,16,20-23H,3-5,7,9-11,15,17-18H2,1-2H3;1H/t21-,22+,23?;/m0./s1. The second kappa shape index (κ2) is 10.2. The van der Waals surface area contributed by atoms with Gasteiger partial charge in [-0.15, -0.1) is 12.4 Å². The molecule has 168 valence electrons. The number of hydrogen-bond acceptors (Lipinski definition) is 3. The van der Waals surface area contributed by atoms with Gasteiger partial charge in [0.05, 0.1) is 4.90 Å². The molecule has 1 saturated heterocycles. The van der Waals surface area contributed by atoms with Crippen LogP contribution in [0.1, 0.15) is 56.9 Å². The van der Waals surface area contributed by atoms with Crippen LogP contribution < -0.4 is 0 Å². The summed E-state index contributed by atoms with van der Waals surface area (Å²) in [6, 6.07) is 7.55. The molecule has 0 aromatic heterocycles.